The average molecular weight is 430 g/mol. The Morgan fingerprint density at radius 2 is 1.89 bits per heavy atom. The van der Waals surface area contributed by atoms with Crippen LogP contribution >= 0.6 is 11.3 Å². The number of thiophene rings is 1. The van der Waals surface area contributed by atoms with Gasteiger partial charge in [0.2, 0.25) is 6.23 Å². The molecular weight excluding hydrogens is 402 g/mol. The number of aromatic nitrogens is 1. The molecule has 1 N–H and O–H groups in total. The van der Waals surface area contributed by atoms with Crippen LogP contribution in [0, 0.1) is 4.91 Å². The van der Waals surface area contributed by atoms with Crippen molar-refractivity contribution in [2.75, 3.05) is 13.1 Å². The summed E-state index contributed by atoms with van der Waals surface area (Å²) in [6.45, 7) is 2.05. The van der Waals surface area contributed by atoms with Crippen LogP contribution in [-0.4, -0.2) is 42.3 Å². The molecule has 10 heteroatoms. The summed E-state index contributed by atoms with van der Waals surface area (Å²) in [6.07, 6.45) is 7.14. The lowest BCUT2D eigenvalue weighted by molar-refractivity contribution is 0.152. The van der Waals surface area contributed by atoms with E-state index in [1.165, 1.54) is 31.6 Å². The third-order valence-corrected chi connectivity index (χ3v) is 7.81. The smallest absolute Gasteiger partial charge is 0.252 e. The van der Waals surface area contributed by atoms with E-state index in [4.69, 9.17) is 4.52 Å². The molecule has 0 radical (unpaired) electrons. The molecule has 0 aliphatic heterocycles. The van der Waals surface area contributed by atoms with Gasteiger partial charge in [-0.05, 0) is 23.7 Å². The predicted molar refractivity (Wildman–Crippen MR) is 108 cm³/mol. The Balaban J connectivity index is 2.03. The molecule has 2 aromatic heterocycles. The van der Waals surface area contributed by atoms with Crippen LogP contribution in [0.2, 0.25) is 0 Å². The minimum atomic E-state index is -3.84. The van der Waals surface area contributed by atoms with E-state index in [0.29, 0.717) is 17.0 Å². The Kier molecular flexibility index (Phi) is 9.23. The fourth-order valence-corrected chi connectivity index (χ4v) is 5.73. The molecule has 0 amide bonds. The Morgan fingerprint density at radius 1 is 1.18 bits per heavy atom. The summed E-state index contributed by atoms with van der Waals surface area (Å²) in [4.78, 5) is 11.3. The van der Waals surface area contributed by atoms with Crippen molar-refractivity contribution < 1.29 is 18.0 Å². The van der Waals surface area contributed by atoms with Crippen LogP contribution in [0.25, 0.3) is 10.6 Å². The molecule has 2 rings (SSSR count). The van der Waals surface area contributed by atoms with Crippen LogP contribution in [0.3, 0.4) is 0 Å². The van der Waals surface area contributed by atoms with E-state index < -0.39 is 16.3 Å². The van der Waals surface area contributed by atoms with E-state index in [-0.39, 0.29) is 17.3 Å². The molecule has 0 fully saturated rings. The van der Waals surface area contributed by atoms with Gasteiger partial charge in [0, 0.05) is 12.6 Å². The van der Waals surface area contributed by atoms with Crippen LogP contribution < -0.4 is 0 Å². The van der Waals surface area contributed by atoms with Gasteiger partial charge < -0.3 is 9.63 Å². The number of nitroso groups, excluding NO2 is 1. The average Bonchev–Trinajstić information content (AvgIpc) is 3.37. The van der Waals surface area contributed by atoms with Gasteiger partial charge in [-0.2, -0.15) is 4.31 Å². The number of nitrogens with zero attached hydrogens (tertiary/aromatic N) is 3. The number of hydrogen-bond acceptors (Lipinski definition) is 8. The van der Waals surface area contributed by atoms with Gasteiger partial charge in [0.1, 0.15) is 16.2 Å². The summed E-state index contributed by atoms with van der Waals surface area (Å²) < 4.78 is 32.1. The van der Waals surface area contributed by atoms with Gasteiger partial charge in [0.15, 0.2) is 0 Å². The molecule has 0 saturated carbocycles. The molecule has 0 aliphatic carbocycles. The van der Waals surface area contributed by atoms with Crippen molar-refractivity contribution in [1.82, 2.24) is 9.46 Å². The second-order valence-electron chi connectivity index (χ2n) is 6.57. The first-order valence-corrected chi connectivity index (χ1v) is 11.8. The van der Waals surface area contributed by atoms with Crippen LogP contribution in [0.4, 0.5) is 0 Å². The maximum absolute atomic E-state index is 13.0. The first-order valence-electron chi connectivity index (χ1n) is 9.50. The predicted octanol–water partition coefficient (Wildman–Crippen LogP) is 4.23. The molecule has 2 heterocycles. The van der Waals surface area contributed by atoms with Crippen molar-refractivity contribution in [3.05, 3.63) is 29.4 Å². The fraction of sp³-hybridized carbons (Fsp3) is 0.611. The van der Waals surface area contributed by atoms with Gasteiger partial charge in [-0.25, -0.2) is 8.42 Å². The molecule has 156 valence electrons. The summed E-state index contributed by atoms with van der Waals surface area (Å²) in [5.41, 5.74) is 0.555. The lowest BCUT2D eigenvalue weighted by Crippen LogP contribution is -2.37. The van der Waals surface area contributed by atoms with Gasteiger partial charge >= 0.3 is 0 Å². The minimum absolute atomic E-state index is 0.131. The Bertz CT molecular complexity index is 805. The van der Waals surface area contributed by atoms with Crippen molar-refractivity contribution in [2.45, 2.75) is 62.3 Å². The first-order chi connectivity index (χ1) is 13.5. The zero-order valence-electron chi connectivity index (χ0n) is 16.0. The first kappa shape index (κ1) is 22.7. The topological polar surface area (TPSA) is 113 Å². The van der Waals surface area contributed by atoms with Crippen molar-refractivity contribution in [2.24, 2.45) is 5.18 Å². The molecule has 0 spiro atoms. The van der Waals surface area contributed by atoms with Crippen LogP contribution in [0.1, 0.15) is 51.9 Å². The number of rotatable bonds is 14. The second kappa shape index (κ2) is 11.4. The van der Waals surface area contributed by atoms with E-state index in [1.807, 2.05) is 0 Å². The summed E-state index contributed by atoms with van der Waals surface area (Å²) >= 11 is 1.07. The van der Waals surface area contributed by atoms with E-state index in [1.54, 1.807) is 12.1 Å². The molecule has 1 atom stereocenters. The van der Waals surface area contributed by atoms with Gasteiger partial charge in [0.25, 0.3) is 10.0 Å². The number of hydrogen-bond donors (Lipinski definition) is 1. The molecule has 0 aromatic carbocycles. The van der Waals surface area contributed by atoms with Gasteiger partial charge in [-0.15, -0.1) is 16.2 Å². The molecule has 0 bridgehead atoms. The van der Waals surface area contributed by atoms with Gasteiger partial charge in [0.05, 0.1) is 11.4 Å². The molecule has 1 unspecified atom stereocenters. The highest BCUT2D eigenvalue weighted by molar-refractivity contribution is 7.91. The summed E-state index contributed by atoms with van der Waals surface area (Å²) in [6, 6.07) is 4.82. The zero-order chi connectivity index (χ0) is 20.4. The minimum Gasteiger partial charge on any atom is -0.368 e. The van der Waals surface area contributed by atoms with E-state index in [9.17, 15) is 18.4 Å². The van der Waals surface area contributed by atoms with Crippen molar-refractivity contribution in [3.63, 3.8) is 0 Å². The summed E-state index contributed by atoms with van der Waals surface area (Å²) in [5, 5.41) is 15.9. The molecule has 0 aliphatic rings. The van der Waals surface area contributed by atoms with Crippen LogP contribution in [-0.2, 0) is 10.0 Å². The van der Waals surface area contributed by atoms with Crippen molar-refractivity contribution >= 4 is 21.4 Å². The highest BCUT2D eigenvalue weighted by atomic mass is 32.2. The molecular formula is C18H27N3O5S2. The third kappa shape index (κ3) is 6.47. The molecule has 28 heavy (non-hydrogen) atoms. The number of aliphatic hydroxyl groups excluding tert-OH is 1. The number of unbranched alkanes of at least 4 members (excludes halogenated alkanes) is 6. The van der Waals surface area contributed by atoms with Crippen LogP contribution in [0.5, 0.6) is 0 Å². The monoisotopic (exact) mass is 429 g/mol. The highest BCUT2D eigenvalue weighted by Crippen LogP contribution is 2.31. The van der Waals surface area contributed by atoms with Gasteiger partial charge in [-0.1, -0.05) is 50.6 Å². The number of sulfonamides is 1. The second-order valence-corrected chi connectivity index (χ2v) is 9.82. The molecule has 0 saturated heterocycles. The van der Waals surface area contributed by atoms with E-state index >= 15 is 0 Å². The maximum Gasteiger partial charge on any atom is 0.252 e. The highest BCUT2D eigenvalue weighted by Gasteiger charge is 2.28. The van der Waals surface area contributed by atoms with E-state index in [0.717, 1.165) is 34.9 Å². The summed E-state index contributed by atoms with van der Waals surface area (Å²) in [7, 11) is -3.84. The zero-order valence-corrected chi connectivity index (χ0v) is 17.6. The summed E-state index contributed by atoms with van der Waals surface area (Å²) in [5.74, 6) is 0. The lowest BCUT2D eigenvalue weighted by Gasteiger charge is -2.21. The van der Waals surface area contributed by atoms with E-state index in [2.05, 4.69) is 17.3 Å². The largest absolute Gasteiger partial charge is 0.368 e. The van der Waals surface area contributed by atoms with Crippen molar-refractivity contribution in [1.29, 1.82) is 0 Å². The quantitative estimate of drug-likeness (QED) is 0.355. The van der Waals surface area contributed by atoms with Crippen LogP contribution in [0.15, 0.2) is 38.4 Å². The normalized spacial score (nSPS) is 13.1. The fourth-order valence-electron chi connectivity index (χ4n) is 2.83. The Labute approximate surface area is 169 Å². The standard InChI is InChI=1S/C18H27N3O5S2/c1-2-3-4-5-6-7-8-12-21(14-17(22)19-23)28(24,25)18-10-9-16(27-18)15-11-13-26-20-15/h9-11,13,17,22H,2-8,12,14H2,1H3. The van der Waals surface area contributed by atoms with Gasteiger partial charge in [-0.3, -0.25) is 0 Å². The third-order valence-electron chi connectivity index (χ3n) is 4.37. The SMILES string of the molecule is CCCCCCCCCN(CC(O)N=O)S(=O)(=O)c1ccc(-c2ccon2)s1. The maximum atomic E-state index is 13.0. The Hall–Kier alpha value is -1.62. The lowest BCUT2D eigenvalue weighted by atomic mass is 10.1. The van der Waals surface area contributed by atoms with Crippen molar-refractivity contribution in [3.8, 4) is 10.6 Å². The number of aliphatic hydroxyl groups is 1. The Morgan fingerprint density at radius 3 is 2.54 bits per heavy atom. The molecule has 2 aromatic rings. The molecule has 8 nitrogen and oxygen atoms in total.